The highest BCUT2D eigenvalue weighted by Crippen LogP contribution is 2.21. The van der Waals surface area contributed by atoms with Crippen LogP contribution in [0.15, 0.2) is 0 Å². The van der Waals surface area contributed by atoms with Crippen LogP contribution in [0.1, 0.15) is 25.1 Å². The number of nitrogens with zero attached hydrogens (tertiary/aromatic N) is 2. The van der Waals surface area contributed by atoms with Gasteiger partial charge in [0.05, 0.1) is 0 Å². The van der Waals surface area contributed by atoms with Gasteiger partial charge < -0.3 is 5.11 Å². The van der Waals surface area contributed by atoms with E-state index in [1.807, 2.05) is 14.0 Å². The Balaban J connectivity index is 2.97. The summed E-state index contributed by atoms with van der Waals surface area (Å²) >= 11 is 0. The van der Waals surface area contributed by atoms with Crippen LogP contribution < -0.4 is 0 Å². The van der Waals surface area contributed by atoms with E-state index in [9.17, 15) is 5.11 Å². The van der Waals surface area contributed by atoms with Gasteiger partial charge in [-0.25, -0.2) is 0 Å². The summed E-state index contributed by atoms with van der Waals surface area (Å²) in [5, 5.41) is 13.4. The molecule has 0 aliphatic rings. The van der Waals surface area contributed by atoms with E-state index >= 15 is 0 Å². The fourth-order valence-corrected chi connectivity index (χ4v) is 1.28. The third-order valence-electron chi connectivity index (χ3n) is 2.05. The van der Waals surface area contributed by atoms with Gasteiger partial charge in [-0.2, -0.15) is 0 Å². The van der Waals surface area contributed by atoms with E-state index in [1.165, 1.54) is 0 Å². The van der Waals surface area contributed by atoms with E-state index in [4.69, 9.17) is 0 Å². The van der Waals surface area contributed by atoms with Crippen molar-refractivity contribution in [1.29, 1.82) is 0 Å². The summed E-state index contributed by atoms with van der Waals surface area (Å²) < 4.78 is 1.72. The van der Waals surface area contributed by atoms with Crippen LogP contribution in [0.5, 0.6) is 5.88 Å². The van der Waals surface area contributed by atoms with Crippen molar-refractivity contribution >= 4 is 0 Å². The molecule has 0 radical (unpaired) electrons. The van der Waals surface area contributed by atoms with Crippen LogP contribution >= 0.6 is 0 Å². The molecule has 0 bridgehead atoms. The number of hydrogen-bond donors (Lipinski definition) is 1. The minimum atomic E-state index is 0.184. The summed E-state index contributed by atoms with van der Waals surface area (Å²) in [4.78, 5) is 0. The molecule has 1 aromatic heterocycles. The minimum absolute atomic E-state index is 0.184. The lowest BCUT2D eigenvalue weighted by Gasteiger charge is -2.03. The van der Waals surface area contributed by atoms with Gasteiger partial charge in [-0.05, 0) is 19.3 Å². The van der Waals surface area contributed by atoms with Crippen molar-refractivity contribution in [2.75, 3.05) is 0 Å². The maximum atomic E-state index is 9.43. The Kier molecular flexibility index (Phi) is 2.40. The van der Waals surface area contributed by atoms with Crippen molar-refractivity contribution in [1.82, 2.24) is 9.78 Å². The summed E-state index contributed by atoms with van der Waals surface area (Å²) in [5.41, 5.74) is 2.04. The lowest BCUT2D eigenvalue weighted by atomic mass is 10.0. The zero-order valence-electron chi connectivity index (χ0n) is 8.13. The maximum absolute atomic E-state index is 9.43. The average molecular weight is 168 g/mol. The molecule has 12 heavy (non-hydrogen) atoms. The van der Waals surface area contributed by atoms with E-state index in [1.54, 1.807) is 4.68 Å². The Morgan fingerprint density at radius 3 is 2.42 bits per heavy atom. The van der Waals surface area contributed by atoms with Crippen LogP contribution in [0, 0.1) is 12.8 Å². The number of aromatic hydroxyl groups is 1. The summed E-state index contributed by atoms with van der Waals surface area (Å²) in [7, 11) is 1.85. The number of rotatable bonds is 2. The van der Waals surface area contributed by atoms with Gasteiger partial charge in [0.2, 0.25) is 5.88 Å². The van der Waals surface area contributed by atoms with Crippen LogP contribution in [0.2, 0.25) is 0 Å². The summed E-state index contributed by atoms with van der Waals surface area (Å²) in [6.07, 6.45) is 0.894. The van der Waals surface area contributed by atoms with E-state index in [-0.39, 0.29) is 5.88 Å². The second kappa shape index (κ2) is 3.17. The van der Waals surface area contributed by atoms with E-state index < -0.39 is 0 Å². The molecular weight excluding hydrogens is 152 g/mol. The number of aromatic nitrogens is 2. The van der Waals surface area contributed by atoms with E-state index in [0.717, 1.165) is 17.7 Å². The molecule has 0 saturated heterocycles. The largest absolute Gasteiger partial charge is 0.492 e. The Hall–Kier alpha value is -0.990. The molecule has 1 rings (SSSR count). The van der Waals surface area contributed by atoms with Crippen LogP contribution in [0.25, 0.3) is 0 Å². The lowest BCUT2D eigenvalue weighted by molar-refractivity contribution is 0.435. The van der Waals surface area contributed by atoms with Crippen molar-refractivity contribution < 1.29 is 5.11 Å². The first-order chi connectivity index (χ1) is 5.52. The third-order valence-corrected chi connectivity index (χ3v) is 2.05. The summed E-state index contributed by atoms with van der Waals surface area (Å²) in [6.45, 7) is 6.24. The van der Waals surface area contributed by atoms with Crippen molar-refractivity contribution in [3.05, 3.63) is 11.3 Å². The van der Waals surface area contributed by atoms with Gasteiger partial charge in [0.25, 0.3) is 0 Å². The van der Waals surface area contributed by atoms with Crippen molar-refractivity contribution in [3.8, 4) is 5.88 Å². The van der Waals surface area contributed by atoms with Gasteiger partial charge in [-0.15, -0.1) is 5.10 Å². The fraction of sp³-hybridized carbons (Fsp3) is 0.667. The molecule has 1 heterocycles. The molecular formula is C9H16N2O. The van der Waals surface area contributed by atoms with Crippen LogP contribution in [-0.4, -0.2) is 14.9 Å². The van der Waals surface area contributed by atoms with E-state index in [2.05, 4.69) is 18.9 Å². The van der Waals surface area contributed by atoms with E-state index in [0.29, 0.717) is 5.92 Å². The number of aryl methyl sites for hydroxylation is 1. The van der Waals surface area contributed by atoms with Gasteiger partial charge in [0, 0.05) is 18.3 Å². The van der Waals surface area contributed by atoms with Gasteiger partial charge >= 0.3 is 0 Å². The smallest absolute Gasteiger partial charge is 0.233 e. The molecule has 0 saturated carbocycles. The molecule has 3 nitrogen and oxygen atoms in total. The topological polar surface area (TPSA) is 38.1 Å². The molecule has 0 aliphatic carbocycles. The first kappa shape index (κ1) is 9.10. The molecule has 0 aliphatic heterocycles. The first-order valence-corrected chi connectivity index (χ1v) is 4.23. The maximum Gasteiger partial charge on any atom is 0.233 e. The Morgan fingerprint density at radius 1 is 1.50 bits per heavy atom. The standard InChI is InChI=1S/C9H16N2O/c1-6(2)5-8-7(3)11(4)10-9(8)12/h6H,5H2,1-4H3,(H,10,12). The van der Waals surface area contributed by atoms with Crippen LogP contribution in [0.4, 0.5) is 0 Å². The van der Waals surface area contributed by atoms with Gasteiger partial charge in [-0.3, -0.25) is 4.68 Å². The predicted octanol–water partition coefficient (Wildman–Crippen LogP) is 1.63. The highest BCUT2D eigenvalue weighted by molar-refractivity contribution is 5.29. The zero-order chi connectivity index (χ0) is 9.30. The monoisotopic (exact) mass is 168 g/mol. The summed E-state index contributed by atoms with van der Waals surface area (Å²) in [5.74, 6) is 0.738. The zero-order valence-corrected chi connectivity index (χ0v) is 8.13. The summed E-state index contributed by atoms with van der Waals surface area (Å²) in [6, 6.07) is 0. The van der Waals surface area contributed by atoms with Crippen LogP contribution in [-0.2, 0) is 13.5 Å². The second-order valence-electron chi connectivity index (χ2n) is 3.61. The number of hydrogen-bond acceptors (Lipinski definition) is 2. The van der Waals surface area contributed by atoms with Crippen molar-refractivity contribution in [2.24, 2.45) is 13.0 Å². The molecule has 0 atom stereocenters. The predicted molar refractivity (Wildman–Crippen MR) is 48.2 cm³/mol. The Labute approximate surface area is 73.0 Å². The highest BCUT2D eigenvalue weighted by atomic mass is 16.3. The SMILES string of the molecule is Cc1c(CC(C)C)c(O)nn1C. The van der Waals surface area contributed by atoms with Gasteiger partial charge in [0.1, 0.15) is 0 Å². The molecule has 0 unspecified atom stereocenters. The van der Waals surface area contributed by atoms with Crippen LogP contribution in [0.3, 0.4) is 0 Å². The van der Waals surface area contributed by atoms with Gasteiger partial charge in [-0.1, -0.05) is 13.8 Å². The lowest BCUT2D eigenvalue weighted by Crippen LogP contribution is -1.97. The second-order valence-corrected chi connectivity index (χ2v) is 3.61. The molecule has 0 amide bonds. The molecule has 0 fully saturated rings. The molecule has 0 spiro atoms. The van der Waals surface area contributed by atoms with Crippen molar-refractivity contribution in [2.45, 2.75) is 27.2 Å². The molecule has 68 valence electrons. The Morgan fingerprint density at radius 2 is 2.08 bits per heavy atom. The molecule has 0 aromatic carbocycles. The van der Waals surface area contributed by atoms with Crippen molar-refractivity contribution in [3.63, 3.8) is 0 Å². The first-order valence-electron chi connectivity index (χ1n) is 4.23. The molecule has 1 N–H and O–H groups in total. The normalized spacial score (nSPS) is 11.1. The third kappa shape index (κ3) is 1.60. The molecule has 1 aromatic rings. The minimum Gasteiger partial charge on any atom is -0.492 e. The van der Waals surface area contributed by atoms with Gasteiger partial charge in [0.15, 0.2) is 0 Å². The Bertz CT molecular complexity index is 276. The quantitative estimate of drug-likeness (QED) is 0.729. The highest BCUT2D eigenvalue weighted by Gasteiger charge is 2.12. The fourth-order valence-electron chi connectivity index (χ4n) is 1.28. The molecule has 3 heteroatoms. The average Bonchev–Trinajstić information content (AvgIpc) is 2.16.